The summed E-state index contributed by atoms with van der Waals surface area (Å²) in [6.07, 6.45) is 3.26. The zero-order valence-corrected chi connectivity index (χ0v) is 19.3. The minimum Gasteiger partial charge on any atom is -0.489 e. The highest BCUT2D eigenvalue weighted by Crippen LogP contribution is 2.24. The molecule has 0 saturated carbocycles. The molecule has 1 aliphatic rings. The molecule has 8 heteroatoms. The number of hydrogen-bond acceptors (Lipinski definition) is 6. The largest absolute Gasteiger partial charge is 0.489 e. The van der Waals surface area contributed by atoms with Gasteiger partial charge in [-0.05, 0) is 62.3 Å². The third-order valence-electron chi connectivity index (χ3n) is 5.36. The maximum atomic E-state index is 12.7. The van der Waals surface area contributed by atoms with Crippen LogP contribution in [-0.4, -0.2) is 40.6 Å². The van der Waals surface area contributed by atoms with Gasteiger partial charge in [0.05, 0.1) is 6.54 Å². The van der Waals surface area contributed by atoms with Gasteiger partial charge in [-0.25, -0.2) is 0 Å². The Hall–Kier alpha value is -2.97. The smallest absolute Gasteiger partial charge is 0.241 e. The zero-order chi connectivity index (χ0) is 22.3. The van der Waals surface area contributed by atoms with Crippen molar-refractivity contribution in [1.82, 2.24) is 15.0 Å². The van der Waals surface area contributed by atoms with E-state index in [0.717, 1.165) is 41.7 Å². The summed E-state index contributed by atoms with van der Waals surface area (Å²) in [6.45, 7) is 6.26. The molecule has 0 atom stereocenters. The molecule has 1 aliphatic heterocycles. The van der Waals surface area contributed by atoms with Crippen LogP contribution in [0.15, 0.2) is 70.2 Å². The number of piperidine rings is 1. The van der Waals surface area contributed by atoms with Crippen molar-refractivity contribution >= 4 is 27.5 Å². The number of nitrogens with one attached hydrogen (secondary N) is 1. The summed E-state index contributed by atoms with van der Waals surface area (Å²) in [5.74, 6) is 1.90. The van der Waals surface area contributed by atoms with Gasteiger partial charge in [0.15, 0.2) is 0 Å². The van der Waals surface area contributed by atoms with Crippen molar-refractivity contribution in [3.8, 4) is 17.1 Å². The second-order valence-corrected chi connectivity index (χ2v) is 8.60. The summed E-state index contributed by atoms with van der Waals surface area (Å²) in [5, 5.41) is 7.10. The minimum absolute atomic E-state index is 0.0231. The Kier molecular flexibility index (Phi) is 7.34. The second kappa shape index (κ2) is 10.6. The van der Waals surface area contributed by atoms with E-state index in [2.05, 4.69) is 42.9 Å². The molecule has 2 aromatic carbocycles. The number of halogens is 1. The van der Waals surface area contributed by atoms with Crippen LogP contribution in [0.1, 0.15) is 18.7 Å². The first-order valence-electron chi connectivity index (χ1n) is 10.6. The van der Waals surface area contributed by atoms with Gasteiger partial charge in [0.1, 0.15) is 12.4 Å². The summed E-state index contributed by atoms with van der Waals surface area (Å²) in [6, 6.07) is 15.2. The molecule has 2 heterocycles. The van der Waals surface area contributed by atoms with Gasteiger partial charge < -0.3 is 14.6 Å². The second-order valence-electron chi connectivity index (χ2n) is 7.69. The number of likely N-dealkylation sites (tertiary alicyclic amines) is 1. The zero-order valence-electron chi connectivity index (χ0n) is 17.7. The number of hydrogen-bond donors (Lipinski definition) is 1. The summed E-state index contributed by atoms with van der Waals surface area (Å²) < 4.78 is 12.0. The highest BCUT2D eigenvalue weighted by molar-refractivity contribution is 9.10. The van der Waals surface area contributed by atoms with Crippen LogP contribution >= 0.6 is 15.9 Å². The van der Waals surface area contributed by atoms with Gasteiger partial charge in [0.2, 0.25) is 17.6 Å². The van der Waals surface area contributed by atoms with Gasteiger partial charge in [0, 0.05) is 27.7 Å². The van der Waals surface area contributed by atoms with E-state index in [1.807, 2.05) is 48.5 Å². The number of carbonyl (C=O) groups is 1. The van der Waals surface area contributed by atoms with Crippen molar-refractivity contribution in [3.63, 3.8) is 0 Å². The number of ether oxygens (including phenoxy) is 1. The highest BCUT2D eigenvalue weighted by Gasteiger charge is 2.26. The van der Waals surface area contributed by atoms with Crippen LogP contribution in [0.3, 0.4) is 0 Å². The van der Waals surface area contributed by atoms with Crippen LogP contribution in [0.4, 0.5) is 5.69 Å². The van der Waals surface area contributed by atoms with E-state index in [-0.39, 0.29) is 11.8 Å². The lowest BCUT2D eigenvalue weighted by atomic mass is 9.96. The van der Waals surface area contributed by atoms with Crippen molar-refractivity contribution in [2.75, 3.05) is 25.0 Å². The van der Waals surface area contributed by atoms with E-state index in [4.69, 9.17) is 9.26 Å². The molecular weight excluding hydrogens is 472 g/mol. The number of carbonyl (C=O) groups excluding carboxylic acids is 1. The van der Waals surface area contributed by atoms with Crippen molar-refractivity contribution in [2.45, 2.75) is 19.4 Å². The standard InChI is InChI=1S/C24H25BrN4O3/c1-2-14-31-21-5-3-4-20(15-21)26-24(30)18-10-12-29(13-11-18)16-22-27-23(28-32-22)17-6-8-19(25)9-7-17/h2-9,15,18H,1,10-14,16H2,(H,26,30). The van der Waals surface area contributed by atoms with E-state index < -0.39 is 0 Å². The topological polar surface area (TPSA) is 80.5 Å². The van der Waals surface area contributed by atoms with Crippen LogP contribution in [0.2, 0.25) is 0 Å². The Labute approximate surface area is 195 Å². The lowest BCUT2D eigenvalue weighted by Crippen LogP contribution is -2.37. The van der Waals surface area contributed by atoms with Gasteiger partial charge in [-0.2, -0.15) is 4.98 Å². The third-order valence-corrected chi connectivity index (χ3v) is 5.89. The third kappa shape index (κ3) is 5.83. The molecule has 1 fully saturated rings. The summed E-state index contributed by atoms with van der Waals surface area (Å²) in [7, 11) is 0. The Bertz CT molecular complexity index is 1060. The molecule has 7 nitrogen and oxygen atoms in total. The number of aromatic nitrogens is 2. The van der Waals surface area contributed by atoms with Crippen LogP contribution in [0.5, 0.6) is 5.75 Å². The Balaban J connectivity index is 1.26. The molecule has 0 radical (unpaired) electrons. The Morgan fingerprint density at radius 2 is 2.03 bits per heavy atom. The molecular formula is C24H25BrN4O3. The normalized spacial score (nSPS) is 14.8. The fraction of sp³-hybridized carbons (Fsp3) is 0.292. The van der Waals surface area contributed by atoms with Gasteiger partial charge >= 0.3 is 0 Å². The maximum Gasteiger partial charge on any atom is 0.241 e. The molecule has 1 amide bonds. The predicted molar refractivity (Wildman–Crippen MR) is 126 cm³/mol. The SMILES string of the molecule is C=CCOc1cccc(NC(=O)C2CCN(Cc3nc(-c4ccc(Br)cc4)no3)CC2)c1. The number of rotatable bonds is 8. The Morgan fingerprint density at radius 3 is 2.78 bits per heavy atom. The van der Waals surface area contributed by atoms with E-state index in [1.165, 1.54) is 0 Å². The van der Waals surface area contributed by atoms with E-state index in [9.17, 15) is 4.79 Å². The molecule has 0 spiro atoms. The van der Waals surface area contributed by atoms with Crippen LogP contribution < -0.4 is 10.1 Å². The summed E-state index contributed by atoms with van der Waals surface area (Å²) in [5.41, 5.74) is 1.66. The van der Waals surface area contributed by atoms with Crippen molar-refractivity contribution in [1.29, 1.82) is 0 Å². The first-order valence-corrected chi connectivity index (χ1v) is 11.4. The van der Waals surface area contributed by atoms with Crippen LogP contribution in [0.25, 0.3) is 11.4 Å². The van der Waals surface area contributed by atoms with Gasteiger partial charge in [-0.1, -0.05) is 39.8 Å². The van der Waals surface area contributed by atoms with E-state index in [0.29, 0.717) is 30.6 Å². The minimum atomic E-state index is -0.0231. The van der Waals surface area contributed by atoms with Crippen LogP contribution in [0, 0.1) is 5.92 Å². The highest BCUT2D eigenvalue weighted by atomic mass is 79.9. The lowest BCUT2D eigenvalue weighted by Gasteiger charge is -2.30. The molecule has 1 saturated heterocycles. The van der Waals surface area contributed by atoms with Crippen molar-refractivity contribution < 1.29 is 14.1 Å². The molecule has 0 unspecified atom stereocenters. The average Bonchev–Trinajstić information content (AvgIpc) is 3.27. The molecule has 4 rings (SSSR count). The van der Waals surface area contributed by atoms with Gasteiger partial charge in [-0.15, -0.1) is 0 Å². The van der Waals surface area contributed by atoms with Crippen LogP contribution in [-0.2, 0) is 11.3 Å². The fourth-order valence-electron chi connectivity index (χ4n) is 3.64. The lowest BCUT2D eigenvalue weighted by molar-refractivity contribution is -0.121. The van der Waals surface area contributed by atoms with Gasteiger partial charge in [0.25, 0.3) is 0 Å². The molecule has 0 aliphatic carbocycles. The van der Waals surface area contributed by atoms with Crippen molar-refractivity contribution in [2.24, 2.45) is 5.92 Å². The number of anilines is 1. The molecule has 3 aromatic rings. The quantitative estimate of drug-likeness (QED) is 0.446. The van der Waals surface area contributed by atoms with Gasteiger partial charge in [-0.3, -0.25) is 9.69 Å². The number of amides is 1. The average molecular weight is 497 g/mol. The summed E-state index contributed by atoms with van der Waals surface area (Å²) in [4.78, 5) is 19.5. The molecule has 0 bridgehead atoms. The fourth-order valence-corrected chi connectivity index (χ4v) is 3.91. The first-order chi connectivity index (χ1) is 15.6. The first kappa shape index (κ1) is 22.2. The molecule has 166 valence electrons. The maximum absolute atomic E-state index is 12.7. The molecule has 1 N–H and O–H groups in total. The molecule has 1 aromatic heterocycles. The van der Waals surface area contributed by atoms with Crippen molar-refractivity contribution in [3.05, 3.63) is 71.5 Å². The van der Waals surface area contributed by atoms with E-state index in [1.54, 1.807) is 6.08 Å². The number of benzene rings is 2. The van der Waals surface area contributed by atoms with E-state index >= 15 is 0 Å². The monoisotopic (exact) mass is 496 g/mol. The number of nitrogens with zero attached hydrogens (tertiary/aromatic N) is 3. The summed E-state index contributed by atoms with van der Waals surface area (Å²) >= 11 is 3.43. The molecule has 32 heavy (non-hydrogen) atoms. The Morgan fingerprint density at radius 1 is 1.25 bits per heavy atom. The predicted octanol–water partition coefficient (Wildman–Crippen LogP) is 4.91.